The third-order valence-electron chi connectivity index (χ3n) is 2.09. The largest absolute Gasteiger partial charge is 0.381 e. The highest BCUT2D eigenvalue weighted by Crippen LogP contribution is 2.11. The van der Waals surface area contributed by atoms with E-state index in [2.05, 4.69) is 5.32 Å². The zero-order chi connectivity index (χ0) is 9.84. The van der Waals surface area contributed by atoms with E-state index in [9.17, 15) is 9.59 Å². The Morgan fingerprint density at radius 1 is 1.62 bits per heavy atom. The summed E-state index contributed by atoms with van der Waals surface area (Å²) < 4.78 is 5.04. The predicted octanol–water partition coefficient (Wildman–Crippen LogP) is -0.987. The first-order valence-corrected chi connectivity index (χ1v) is 4.28. The summed E-state index contributed by atoms with van der Waals surface area (Å²) in [6, 6.07) is -0.604. The maximum atomic E-state index is 11.4. The molecule has 5 nitrogen and oxygen atoms in total. The van der Waals surface area contributed by atoms with Gasteiger partial charge in [-0.15, -0.1) is 0 Å². The molecule has 0 aromatic heterocycles. The van der Waals surface area contributed by atoms with Crippen LogP contribution in [-0.4, -0.2) is 31.1 Å². The number of ether oxygens (including phenoxy) is 1. The van der Waals surface area contributed by atoms with Gasteiger partial charge >= 0.3 is 0 Å². The van der Waals surface area contributed by atoms with Crippen LogP contribution in [0.5, 0.6) is 0 Å². The molecule has 74 valence electrons. The molecule has 0 unspecified atom stereocenters. The van der Waals surface area contributed by atoms with Crippen LogP contribution in [0.15, 0.2) is 0 Å². The molecule has 0 bridgehead atoms. The first-order chi connectivity index (χ1) is 6.11. The second kappa shape index (κ2) is 4.23. The van der Waals surface area contributed by atoms with Gasteiger partial charge in [-0.1, -0.05) is 0 Å². The normalized spacial score (nSPS) is 23.9. The number of hydrogen-bond donors (Lipinski definition) is 2. The molecule has 1 saturated heterocycles. The summed E-state index contributed by atoms with van der Waals surface area (Å²) in [6.45, 7) is 2.62. The molecule has 0 saturated carbocycles. The summed E-state index contributed by atoms with van der Waals surface area (Å²) >= 11 is 0. The first-order valence-electron chi connectivity index (χ1n) is 4.28. The molecule has 1 aliphatic rings. The van der Waals surface area contributed by atoms with Crippen LogP contribution >= 0.6 is 0 Å². The Hall–Kier alpha value is -1.10. The molecule has 0 radical (unpaired) electrons. The summed E-state index contributed by atoms with van der Waals surface area (Å²) in [7, 11) is 0. The van der Waals surface area contributed by atoms with Crippen LogP contribution in [-0.2, 0) is 14.3 Å². The van der Waals surface area contributed by atoms with Crippen molar-refractivity contribution in [2.24, 2.45) is 11.7 Å². The summed E-state index contributed by atoms with van der Waals surface area (Å²) in [4.78, 5) is 22.0. The molecule has 0 aromatic rings. The Kier molecular flexibility index (Phi) is 3.25. The van der Waals surface area contributed by atoms with Crippen LogP contribution in [0.25, 0.3) is 0 Å². The van der Waals surface area contributed by atoms with Gasteiger partial charge in [0, 0.05) is 6.61 Å². The molecular weight excluding hydrogens is 172 g/mol. The number of nitrogens with two attached hydrogens (primary N) is 1. The second-order valence-corrected chi connectivity index (χ2v) is 3.19. The summed E-state index contributed by atoms with van der Waals surface area (Å²) in [5.74, 6) is -0.794. The van der Waals surface area contributed by atoms with Gasteiger partial charge in [-0.2, -0.15) is 0 Å². The fraction of sp³-hybridized carbons (Fsp3) is 0.750. The third-order valence-corrected chi connectivity index (χ3v) is 2.09. The standard InChI is InChI=1S/C8H14N2O3/c1-5(7(9)11)10-8(12)6-2-3-13-4-6/h5-6H,2-4H2,1H3,(H2,9,11)(H,10,12)/t5-,6-/m0/s1. The average molecular weight is 186 g/mol. The number of rotatable bonds is 3. The van der Waals surface area contributed by atoms with E-state index in [1.165, 1.54) is 0 Å². The second-order valence-electron chi connectivity index (χ2n) is 3.19. The summed E-state index contributed by atoms with van der Waals surface area (Å²) in [5, 5.41) is 2.53. The van der Waals surface area contributed by atoms with E-state index < -0.39 is 11.9 Å². The van der Waals surface area contributed by atoms with Crippen molar-refractivity contribution >= 4 is 11.8 Å². The van der Waals surface area contributed by atoms with Crippen molar-refractivity contribution in [3.05, 3.63) is 0 Å². The molecule has 1 aliphatic heterocycles. The minimum Gasteiger partial charge on any atom is -0.381 e. The number of hydrogen-bond acceptors (Lipinski definition) is 3. The van der Waals surface area contributed by atoms with Crippen LogP contribution in [0.4, 0.5) is 0 Å². The fourth-order valence-corrected chi connectivity index (χ4v) is 1.14. The van der Waals surface area contributed by atoms with E-state index in [-0.39, 0.29) is 11.8 Å². The van der Waals surface area contributed by atoms with Gasteiger partial charge in [-0.25, -0.2) is 0 Å². The van der Waals surface area contributed by atoms with Gasteiger partial charge in [-0.3, -0.25) is 9.59 Å². The van der Waals surface area contributed by atoms with E-state index in [4.69, 9.17) is 10.5 Å². The number of amides is 2. The van der Waals surface area contributed by atoms with Crippen molar-refractivity contribution in [3.8, 4) is 0 Å². The van der Waals surface area contributed by atoms with Gasteiger partial charge in [0.25, 0.3) is 0 Å². The lowest BCUT2D eigenvalue weighted by atomic mass is 10.1. The van der Waals surface area contributed by atoms with Gasteiger partial charge in [0.2, 0.25) is 11.8 Å². The van der Waals surface area contributed by atoms with E-state index in [1.807, 2.05) is 0 Å². The van der Waals surface area contributed by atoms with Crippen molar-refractivity contribution in [1.82, 2.24) is 5.32 Å². The van der Waals surface area contributed by atoms with Crippen molar-refractivity contribution in [2.75, 3.05) is 13.2 Å². The number of primary amides is 1. The molecule has 1 heterocycles. The molecule has 0 aliphatic carbocycles. The van der Waals surface area contributed by atoms with E-state index >= 15 is 0 Å². The SMILES string of the molecule is C[C@H](NC(=O)[C@H]1CCOC1)C(N)=O. The zero-order valence-corrected chi connectivity index (χ0v) is 7.58. The summed E-state index contributed by atoms with van der Waals surface area (Å²) in [5.41, 5.74) is 5.00. The highest BCUT2D eigenvalue weighted by molar-refractivity contribution is 5.87. The molecule has 0 spiro atoms. The van der Waals surface area contributed by atoms with E-state index in [0.717, 1.165) is 6.42 Å². The van der Waals surface area contributed by atoms with Crippen molar-refractivity contribution in [2.45, 2.75) is 19.4 Å². The van der Waals surface area contributed by atoms with Crippen LogP contribution < -0.4 is 11.1 Å². The Bertz CT molecular complexity index is 211. The van der Waals surface area contributed by atoms with Crippen molar-refractivity contribution in [1.29, 1.82) is 0 Å². The monoisotopic (exact) mass is 186 g/mol. The minimum atomic E-state index is -0.604. The van der Waals surface area contributed by atoms with E-state index in [0.29, 0.717) is 13.2 Å². The van der Waals surface area contributed by atoms with Crippen LogP contribution in [0.1, 0.15) is 13.3 Å². The maximum Gasteiger partial charge on any atom is 0.239 e. The lowest BCUT2D eigenvalue weighted by Gasteiger charge is -2.12. The van der Waals surface area contributed by atoms with Gasteiger partial charge in [0.05, 0.1) is 12.5 Å². The topological polar surface area (TPSA) is 81.4 Å². The smallest absolute Gasteiger partial charge is 0.239 e. The highest BCUT2D eigenvalue weighted by atomic mass is 16.5. The zero-order valence-electron chi connectivity index (χ0n) is 7.58. The van der Waals surface area contributed by atoms with E-state index in [1.54, 1.807) is 6.92 Å². The molecule has 13 heavy (non-hydrogen) atoms. The van der Waals surface area contributed by atoms with Crippen LogP contribution in [0.3, 0.4) is 0 Å². The average Bonchev–Trinajstić information content (AvgIpc) is 2.55. The van der Waals surface area contributed by atoms with Gasteiger partial charge in [-0.05, 0) is 13.3 Å². The van der Waals surface area contributed by atoms with Crippen LogP contribution in [0, 0.1) is 5.92 Å². The molecule has 0 aromatic carbocycles. The first kappa shape index (κ1) is 9.98. The van der Waals surface area contributed by atoms with Crippen molar-refractivity contribution in [3.63, 3.8) is 0 Å². The molecule has 5 heteroatoms. The predicted molar refractivity (Wildman–Crippen MR) is 45.7 cm³/mol. The van der Waals surface area contributed by atoms with Crippen molar-refractivity contribution < 1.29 is 14.3 Å². The van der Waals surface area contributed by atoms with Gasteiger partial charge < -0.3 is 15.8 Å². The summed E-state index contributed by atoms with van der Waals surface area (Å²) in [6.07, 6.45) is 0.720. The van der Waals surface area contributed by atoms with Gasteiger partial charge in [0.1, 0.15) is 6.04 Å². The Morgan fingerprint density at radius 2 is 2.31 bits per heavy atom. The van der Waals surface area contributed by atoms with Crippen LogP contribution in [0.2, 0.25) is 0 Å². The molecule has 3 N–H and O–H groups in total. The lowest BCUT2D eigenvalue weighted by Crippen LogP contribution is -2.44. The Balaban J connectivity index is 2.35. The molecule has 2 atom stereocenters. The molecule has 1 fully saturated rings. The lowest BCUT2D eigenvalue weighted by molar-refractivity contribution is -0.129. The number of carbonyl (C=O) groups excluding carboxylic acids is 2. The van der Waals surface area contributed by atoms with Gasteiger partial charge in [0.15, 0.2) is 0 Å². The third kappa shape index (κ3) is 2.69. The molecule has 1 rings (SSSR count). The Labute approximate surface area is 76.6 Å². The number of nitrogens with one attached hydrogen (secondary N) is 1. The molecule has 2 amide bonds. The minimum absolute atomic E-state index is 0.123. The maximum absolute atomic E-state index is 11.4. The fourth-order valence-electron chi connectivity index (χ4n) is 1.14. The number of carbonyl (C=O) groups is 2. The highest BCUT2D eigenvalue weighted by Gasteiger charge is 2.25. The Morgan fingerprint density at radius 3 is 2.77 bits per heavy atom. The molecular formula is C8H14N2O3. The quantitative estimate of drug-likeness (QED) is 0.594.